The minimum atomic E-state index is -0.449. The zero-order chi connectivity index (χ0) is 14.5. The van der Waals surface area contributed by atoms with E-state index in [1.807, 2.05) is 0 Å². The molecule has 4 nitrogen and oxygen atoms in total. The van der Waals surface area contributed by atoms with E-state index in [0.717, 1.165) is 25.7 Å². The number of halogens is 2. The lowest BCUT2D eigenvalue weighted by atomic mass is 9.92. The van der Waals surface area contributed by atoms with Gasteiger partial charge in [0, 0.05) is 5.02 Å². The highest BCUT2D eigenvalue weighted by atomic mass is 79.9. The Morgan fingerprint density at radius 2 is 2.20 bits per heavy atom. The van der Waals surface area contributed by atoms with Gasteiger partial charge in [0.15, 0.2) is 6.61 Å². The number of amides is 1. The summed E-state index contributed by atoms with van der Waals surface area (Å²) in [5, 5.41) is 13.2. The zero-order valence-corrected chi connectivity index (χ0v) is 13.3. The molecule has 1 saturated carbocycles. The fraction of sp³-hybridized carbons (Fsp3) is 0.500. The summed E-state index contributed by atoms with van der Waals surface area (Å²) in [7, 11) is 0. The Balaban J connectivity index is 1.82. The molecule has 20 heavy (non-hydrogen) atoms. The molecule has 1 fully saturated rings. The Morgan fingerprint density at radius 3 is 2.90 bits per heavy atom. The minimum absolute atomic E-state index is 0.0799. The van der Waals surface area contributed by atoms with E-state index in [9.17, 15) is 9.90 Å². The molecule has 0 aliphatic heterocycles. The first kappa shape index (κ1) is 15.6. The topological polar surface area (TPSA) is 58.6 Å². The van der Waals surface area contributed by atoms with Crippen molar-refractivity contribution in [3.63, 3.8) is 0 Å². The highest BCUT2D eigenvalue weighted by Crippen LogP contribution is 2.27. The third-order valence-corrected chi connectivity index (χ3v) is 4.18. The van der Waals surface area contributed by atoms with Crippen LogP contribution in [0.3, 0.4) is 0 Å². The highest BCUT2D eigenvalue weighted by molar-refractivity contribution is 9.10. The summed E-state index contributed by atoms with van der Waals surface area (Å²) in [6.45, 7) is -0.0799. The van der Waals surface area contributed by atoms with Crippen molar-refractivity contribution in [1.29, 1.82) is 0 Å². The molecule has 1 aromatic rings. The van der Waals surface area contributed by atoms with Crippen molar-refractivity contribution in [2.45, 2.75) is 37.8 Å². The molecule has 0 heterocycles. The van der Waals surface area contributed by atoms with Crippen molar-refractivity contribution in [2.75, 3.05) is 6.61 Å². The fourth-order valence-corrected chi connectivity index (χ4v) is 3.06. The third kappa shape index (κ3) is 4.36. The summed E-state index contributed by atoms with van der Waals surface area (Å²) < 4.78 is 6.14. The second-order valence-corrected chi connectivity index (χ2v) is 6.18. The van der Waals surface area contributed by atoms with Crippen LogP contribution in [0.1, 0.15) is 25.7 Å². The second kappa shape index (κ2) is 7.29. The lowest BCUT2D eigenvalue weighted by Gasteiger charge is -2.28. The number of aliphatic hydroxyl groups excluding tert-OH is 1. The molecule has 1 aromatic carbocycles. The van der Waals surface area contributed by atoms with Gasteiger partial charge in [-0.25, -0.2) is 0 Å². The predicted octanol–water partition coefficient (Wildman–Crippen LogP) is 2.90. The maximum Gasteiger partial charge on any atom is 0.258 e. The SMILES string of the molecule is O=C(COc1ccc(Cl)cc1Br)NC1CCCCC1O. The Bertz CT molecular complexity index is 483. The largest absolute Gasteiger partial charge is 0.483 e. The van der Waals surface area contributed by atoms with Crippen LogP contribution in [0.5, 0.6) is 5.75 Å². The van der Waals surface area contributed by atoms with Gasteiger partial charge in [0.25, 0.3) is 5.91 Å². The molecule has 0 aromatic heterocycles. The number of aliphatic hydroxyl groups is 1. The van der Waals surface area contributed by atoms with Crippen LogP contribution in [0.4, 0.5) is 0 Å². The smallest absolute Gasteiger partial charge is 0.258 e. The van der Waals surface area contributed by atoms with Crippen LogP contribution < -0.4 is 10.1 Å². The van der Waals surface area contributed by atoms with Gasteiger partial charge in [-0.3, -0.25) is 4.79 Å². The monoisotopic (exact) mass is 361 g/mol. The molecule has 2 rings (SSSR count). The molecule has 0 radical (unpaired) electrons. The molecule has 1 aliphatic carbocycles. The van der Waals surface area contributed by atoms with E-state index in [1.165, 1.54) is 0 Å². The summed E-state index contributed by atoms with van der Waals surface area (Å²) in [4.78, 5) is 11.8. The molecule has 0 spiro atoms. The lowest BCUT2D eigenvalue weighted by Crippen LogP contribution is -2.46. The molecule has 2 atom stereocenters. The molecule has 2 unspecified atom stereocenters. The first-order valence-electron chi connectivity index (χ1n) is 6.61. The Hall–Kier alpha value is -0.780. The minimum Gasteiger partial charge on any atom is -0.483 e. The number of hydrogen-bond donors (Lipinski definition) is 2. The maximum atomic E-state index is 11.8. The summed E-state index contributed by atoms with van der Waals surface area (Å²) in [6.07, 6.45) is 3.16. The van der Waals surface area contributed by atoms with Gasteiger partial charge in [0.05, 0.1) is 16.6 Å². The van der Waals surface area contributed by atoms with Gasteiger partial charge in [0.1, 0.15) is 5.75 Å². The van der Waals surface area contributed by atoms with Crippen LogP contribution in [0.15, 0.2) is 22.7 Å². The van der Waals surface area contributed by atoms with E-state index in [2.05, 4.69) is 21.2 Å². The normalized spacial score (nSPS) is 22.4. The molecule has 6 heteroatoms. The second-order valence-electron chi connectivity index (χ2n) is 4.89. The van der Waals surface area contributed by atoms with Crippen molar-refractivity contribution in [3.05, 3.63) is 27.7 Å². The van der Waals surface area contributed by atoms with E-state index < -0.39 is 6.10 Å². The lowest BCUT2D eigenvalue weighted by molar-refractivity contribution is -0.125. The Kier molecular flexibility index (Phi) is 5.69. The van der Waals surface area contributed by atoms with Crippen molar-refractivity contribution >= 4 is 33.4 Å². The summed E-state index contributed by atoms with van der Waals surface area (Å²) in [6, 6.07) is 4.95. The summed E-state index contributed by atoms with van der Waals surface area (Å²) >= 11 is 9.16. The number of ether oxygens (including phenoxy) is 1. The number of hydrogen-bond acceptors (Lipinski definition) is 3. The molecular weight excluding hydrogens is 346 g/mol. The summed E-state index contributed by atoms with van der Waals surface area (Å²) in [5.41, 5.74) is 0. The zero-order valence-electron chi connectivity index (χ0n) is 10.9. The van der Waals surface area contributed by atoms with Gasteiger partial charge in [-0.05, 0) is 47.0 Å². The fourth-order valence-electron chi connectivity index (χ4n) is 2.26. The van der Waals surface area contributed by atoms with Crippen LogP contribution in [0, 0.1) is 0 Å². The molecule has 1 aliphatic rings. The number of carbonyl (C=O) groups is 1. The third-order valence-electron chi connectivity index (χ3n) is 3.33. The molecular formula is C14H17BrClNO3. The first-order valence-corrected chi connectivity index (χ1v) is 7.78. The van der Waals surface area contributed by atoms with Crippen LogP contribution in [-0.2, 0) is 4.79 Å². The Morgan fingerprint density at radius 1 is 1.45 bits per heavy atom. The van der Waals surface area contributed by atoms with Gasteiger partial charge in [-0.1, -0.05) is 24.4 Å². The first-order chi connectivity index (χ1) is 9.56. The quantitative estimate of drug-likeness (QED) is 0.866. The van der Waals surface area contributed by atoms with Crippen LogP contribution >= 0.6 is 27.5 Å². The number of nitrogens with one attached hydrogen (secondary N) is 1. The number of benzene rings is 1. The van der Waals surface area contributed by atoms with Crippen molar-refractivity contribution in [2.24, 2.45) is 0 Å². The number of carbonyl (C=O) groups excluding carboxylic acids is 1. The van der Waals surface area contributed by atoms with E-state index >= 15 is 0 Å². The molecule has 110 valence electrons. The van der Waals surface area contributed by atoms with E-state index in [4.69, 9.17) is 16.3 Å². The van der Waals surface area contributed by atoms with E-state index in [0.29, 0.717) is 15.2 Å². The van der Waals surface area contributed by atoms with Gasteiger partial charge < -0.3 is 15.2 Å². The molecule has 1 amide bonds. The number of rotatable bonds is 4. The predicted molar refractivity (Wildman–Crippen MR) is 81.1 cm³/mol. The molecule has 2 N–H and O–H groups in total. The van der Waals surface area contributed by atoms with Crippen molar-refractivity contribution < 1.29 is 14.6 Å². The van der Waals surface area contributed by atoms with Crippen molar-refractivity contribution in [3.8, 4) is 5.75 Å². The summed E-state index contributed by atoms with van der Waals surface area (Å²) in [5.74, 6) is 0.339. The van der Waals surface area contributed by atoms with Crippen LogP contribution in [0.2, 0.25) is 5.02 Å². The van der Waals surface area contributed by atoms with Crippen LogP contribution in [0.25, 0.3) is 0 Å². The molecule has 0 saturated heterocycles. The van der Waals surface area contributed by atoms with Gasteiger partial charge in [0.2, 0.25) is 0 Å². The van der Waals surface area contributed by atoms with E-state index in [-0.39, 0.29) is 18.6 Å². The maximum absolute atomic E-state index is 11.8. The standard InChI is InChI=1S/C14H17BrClNO3/c15-10-7-9(16)5-6-13(10)20-8-14(19)17-11-3-1-2-4-12(11)18/h5-7,11-12,18H,1-4,8H2,(H,17,19). The van der Waals surface area contributed by atoms with Gasteiger partial charge in [-0.15, -0.1) is 0 Å². The van der Waals surface area contributed by atoms with E-state index in [1.54, 1.807) is 18.2 Å². The highest BCUT2D eigenvalue weighted by Gasteiger charge is 2.24. The Labute approximate surface area is 131 Å². The van der Waals surface area contributed by atoms with Gasteiger partial charge in [-0.2, -0.15) is 0 Å². The average molecular weight is 363 g/mol. The van der Waals surface area contributed by atoms with Gasteiger partial charge >= 0.3 is 0 Å². The van der Waals surface area contributed by atoms with Crippen molar-refractivity contribution in [1.82, 2.24) is 5.32 Å². The molecule has 0 bridgehead atoms. The average Bonchev–Trinajstić information content (AvgIpc) is 2.40. The van der Waals surface area contributed by atoms with Crippen LogP contribution in [-0.4, -0.2) is 29.8 Å².